The zero-order chi connectivity index (χ0) is 11.8. The second-order valence-electron chi connectivity index (χ2n) is 4.87. The summed E-state index contributed by atoms with van der Waals surface area (Å²) in [5.41, 5.74) is 5.62. The maximum atomic E-state index is 12.3. The summed E-state index contributed by atoms with van der Waals surface area (Å²) in [6.07, 6.45) is 2.87. The van der Waals surface area contributed by atoms with E-state index in [2.05, 4.69) is 0 Å². The Morgan fingerprint density at radius 3 is 2.35 bits per heavy atom. The van der Waals surface area contributed by atoms with Crippen LogP contribution in [-0.2, 0) is 10.2 Å². The Hall–Kier alpha value is 0.120. The van der Waals surface area contributed by atoms with Crippen molar-refractivity contribution in [3.63, 3.8) is 0 Å². The van der Waals surface area contributed by atoms with Gasteiger partial charge in [-0.1, -0.05) is 0 Å². The minimum atomic E-state index is -3.22. The van der Waals surface area contributed by atoms with Gasteiger partial charge in [-0.25, -0.2) is 0 Å². The molecule has 0 spiro atoms. The normalized spacial score (nSPS) is 31.6. The van der Waals surface area contributed by atoms with Crippen LogP contribution in [0.1, 0.15) is 26.2 Å². The molecule has 5 nitrogen and oxygen atoms in total. The number of halogens is 1. The van der Waals surface area contributed by atoms with Gasteiger partial charge in [0.25, 0.3) is 10.2 Å². The highest BCUT2D eigenvalue weighted by Gasteiger charge is 2.40. The molecule has 0 amide bonds. The molecule has 17 heavy (non-hydrogen) atoms. The molecule has 2 rings (SSSR count). The van der Waals surface area contributed by atoms with E-state index in [1.165, 1.54) is 0 Å². The molecule has 2 fully saturated rings. The smallest absolute Gasteiger partial charge is 0.282 e. The minimum absolute atomic E-state index is 0. The highest BCUT2D eigenvalue weighted by Crippen LogP contribution is 2.28. The van der Waals surface area contributed by atoms with Gasteiger partial charge in [0.2, 0.25) is 0 Å². The van der Waals surface area contributed by atoms with Gasteiger partial charge in [0.15, 0.2) is 0 Å². The SMILES string of the molecule is CC1CC(CN)CN1S(=O)(=O)N1CCCC1.Cl. The Bertz CT molecular complexity index is 343. The van der Waals surface area contributed by atoms with Crippen molar-refractivity contribution in [3.05, 3.63) is 0 Å². The average molecular weight is 284 g/mol. The van der Waals surface area contributed by atoms with Crippen molar-refractivity contribution in [2.24, 2.45) is 11.7 Å². The molecule has 2 aliphatic rings. The first kappa shape index (κ1) is 15.2. The Morgan fingerprint density at radius 2 is 1.88 bits per heavy atom. The van der Waals surface area contributed by atoms with E-state index in [4.69, 9.17) is 5.73 Å². The molecule has 0 bridgehead atoms. The molecule has 102 valence electrons. The number of hydrogen-bond acceptors (Lipinski definition) is 3. The van der Waals surface area contributed by atoms with E-state index in [0.29, 0.717) is 32.1 Å². The molecule has 7 heteroatoms. The fourth-order valence-corrected chi connectivity index (χ4v) is 4.62. The van der Waals surface area contributed by atoms with E-state index in [1.807, 2.05) is 6.92 Å². The van der Waals surface area contributed by atoms with Crippen LogP contribution in [0.25, 0.3) is 0 Å². The largest absolute Gasteiger partial charge is 0.330 e. The van der Waals surface area contributed by atoms with Gasteiger partial charge in [0, 0.05) is 25.7 Å². The van der Waals surface area contributed by atoms with E-state index in [-0.39, 0.29) is 18.4 Å². The van der Waals surface area contributed by atoms with Crippen LogP contribution in [0, 0.1) is 5.92 Å². The second-order valence-corrected chi connectivity index (χ2v) is 6.75. The van der Waals surface area contributed by atoms with Crippen LogP contribution in [-0.4, -0.2) is 49.2 Å². The van der Waals surface area contributed by atoms with Crippen molar-refractivity contribution in [1.82, 2.24) is 8.61 Å². The van der Waals surface area contributed by atoms with E-state index >= 15 is 0 Å². The summed E-state index contributed by atoms with van der Waals surface area (Å²) >= 11 is 0. The van der Waals surface area contributed by atoms with Crippen LogP contribution < -0.4 is 5.73 Å². The van der Waals surface area contributed by atoms with Crippen LogP contribution in [0.5, 0.6) is 0 Å². The zero-order valence-corrected chi connectivity index (χ0v) is 11.8. The molecule has 2 N–H and O–H groups in total. The summed E-state index contributed by atoms with van der Waals surface area (Å²) in [7, 11) is -3.22. The highest BCUT2D eigenvalue weighted by molar-refractivity contribution is 7.86. The van der Waals surface area contributed by atoms with Gasteiger partial charge >= 0.3 is 0 Å². The van der Waals surface area contributed by atoms with Crippen LogP contribution in [0.15, 0.2) is 0 Å². The Labute approximate surface area is 110 Å². The summed E-state index contributed by atoms with van der Waals surface area (Å²) < 4.78 is 27.9. The molecule has 0 aromatic carbocycles. The van der Waals surface area contributed by atoms with Crippen molar-refractivity contribution in [2.45, 2.75) is 32.2 Å². The molecular weight excluding hydrogens is 262 g/mol. The molecule has 0 aromatic rings. The van der Waals surface area contributed by atoms with Gasteiger partial charge in [-0.3, -0.25) is 0 Å². The van der Waals surface area contributed by atoms with E-state index < -0.39 is 10.2 Å². The van der Waals surface area contributed by atoms with Crippen molar-refractivity contribution in [3.8, 4) is 0 Å². The van der Waals surface area contributed by atoms with Gasteiger partial charge in [-0.2, -0.15) is 17.0 Å². The van der Waals surface area contributed by atoms with Gasteiger partial charge in [-0.05, 0) is 38.6 Å². The van der Waals surface area contributed by atoms with Crippen LogP contribution in [0.3, 0.4) is 0 Å². The maximum absolute atomic E-state index is 12.3. The number of nitrogens with zero attached hydrogens (tertiary/aromatic N) is 2. The third kappa shape index (κ3) is 2.93. The Morgan fingerprint density at radius 1 is 1.29 bits per heavy atom. The zero-order valence-electron chi connectivity index (χ0n) is 10.2. The van der Waals surface area contributed by atoms with Crippen LogP contribution in [0.4, 0.5) is 0 Å². The summed E-state index contributed by atoms with van der Waals surface area (Å²) in [6, 6.07) is 0.0964. The molecule has 2 heterocycles. The highest BCUT2D eigenvalue weighted by atomic mass is 35.5. The fourth-order valence-electron chi connectivity index (χ4n) is 2.67. The van der Waals surface area contributed by atoms with Crippen molar-refractivity contribution < 1.29 is 8.42 Å². The van der Waals surface area contributed by atoms with E-state index in [1.54, 1.807) is 8.61 Å². The molecule has 2 unspecified atom stereocenters. The van der Waals surface area contributed by atoms with Gasteiger partial charge < -0.3 is 5.73 Å². The number of hydrogen-bond donors (Lipinski definition) is 1. The first-order valence-electron chi connectivity index (χ1n) is 6.02. The molecule has 0 aromatic heterocycles. The summed E-state index contributed by atoms with van der Waals surface area (Å²) in [4.78, 5) is 0. The predicted octanol–water partition coefficient (Wildman–Crippen LogP) is 0.418. The van der Waals surface area contributed by atoms with Crippen molar-refractivity contribution >= 4 is 22.6 Å². The minimum Gasteiger partial charge on any atom is -0.330 e. The first-order valence-corrected chi connectivity index (χ1v) is 7.42. The topological polar surface area (TPSA) is 66.6 Å². The monoisotopic (exact) mass is 283 g/mol. The number of nitrogens with two attached hydrogens (primary N) is 1. The lowest BCUT2D eigenvalue weighted by Crippen LogP contribution is -2.44. The molecular formula is C10H22ClN3O2S. The second kappa shape index (κ2) is 5.84. The average Bonchev–Trinajstić information content (AvgIpc) is 2.85. The van der Waals surface area contributed by atoms with E-state index in [9.17, 15) is 8.42 Å². The van der Waals surface area contributed by atoms with Crippen LogP contribution >= 0.6 is 12.4 Å². The number of rotatable bonds is 3. The van der Waals surface area contributed by atoms with E-state index in [0.717, 1.165) is 19.3 Å². The first-order chi connectivity index (χ1) is 7.55. The summed E-state index contributed by atoms with van der Waals surface area (Å²) in [5, 5.41) is 0. The molecule has 2 atom stereocenters. The Kier molecular flexibility index (Phi) is 5.21. The van der Waals surface area contributed by atoms with Gasteiger partial charge in [0.05, 0.1) is 0 Å². The van der Waals surface area contributed by atoms with Gasteiger partial charge in [0.1, 0.15) is 0 Å². The summed E-state index contributed by atoms with van der Waals surface area (Å²) in [5.74, 6) is 0.326. The fraction of sp³-hybridized carbons (Fsp3) is 1.00. The molecule has 0 saturated carbocycles. The predicted molar refractivity (Wildman–Crippen MR) is 70.3 cm³/mol. The molecule has 2 aliphatic heterocycles. The lowest BCUT2D eigenvalue weighted by molar-refractivity contribution is 0.354. The third-order valence-corrected chi connectivity index (χ3v) is 5.74. The Balaban J connectivity index is 0.00000144. The maximum Gasteiger partial charge on any atom is 0.282 e. The quantitative estimate of drug-likeness (QED) is 0.816. The standard InChI is InChI=1S/C10H21N3O2S.ClH/c1-9-6-10(7-11)8-13(9)16(14,15)12-4-2-3-5-12;/h9-10H,2-8,11H2,1H3;1H. The molecule has 2 saturated heterocycles. The lowest BCUT2D eigenvalue weighted by Gasteiger charge is -2.26. The third-order valence-electron chi connectivity index (χ3n) is 3.63. The molecule has 0 radical (unpaired) electrons. The van der Waals surface area contributed by atoms with Crippen molar-refractivity contribution in [2.75, 3.05) is 26.2 Å². The van der Waals surface area contributed by atoms with Gasteiger partial charge in [-0.15, -0.1) is 12.4 Å². The van der Waals surface area contributed by atoms with Crippen LogP contribution in [0.2, 0.25) is 0 Å². The summed E-state index contributed by atoms with van der Waals surface area (Å²) in [6.45, 7) is 4.51. The van der Waals surface area contributed by atoms with Crippen molar-refractivity contribution in [1.29, 1.82) is 0 Å². The lowest BCUT2D eigenvalue weighted by atomic mass is 10.1. The molecule has 0 aliphatic carbocycles.